The van der Waals surface area contributed by atoms with Crippen LogP contribution in [-0.2, 0) is 9.59 Å². The maximum atomic E-state index is 10.9. The lowest BCUT2D eigenvalue weighted by molar-refractivity contribution is -0.150. The lowest BCUT2D eigenvalue weighted by atomic mass is 9.78. The van der Waals surface area contributed by atoms with Crippen molar-refractivity contribution >= 4 is 11.9 Å². The standard InChI is InChI=1S/2C9H18O2/c2*1-4-7-9(5-2,6-3)8(10)11/h2*4-7H2,1-3H3,(H,10,11). The van der Waals surface area contributed by atoms with Gasteiger partial charge in [-0.05, 0) is 38.5 Å². The summed E-state index contributed by atoms with van der Waals surface area (Å²) >= 11 is 0. The van der Waals surface area contributed by atoms with E-state index < -0.39 is 22.8 Å². The van der Waals surface area contributed by atoms with Crippen LogP contribution in [0.3, 0.4) is 0 Å². The number of hydrogen-bond donors (Lipinski definition) is 2. The zero-order valence-corrected chi connectivity index (χ0v) is 15.4. The molecule has 0 heterocycles. The molecule has 0 aromatic carbocycles. The van der Waals surface area contributed by atoms with Crippen LogP contribution in [0.15, 0.2) is 0 Å². The van der Waals surface area contributed by atoms with E-state index in [0.29, 0.717) is 0 Å². The molecular weight excluding hydrogens is 280 g/mol. The van der Waals surface area contributed by atoms with E-state index in [-0.39, 0.29) is 0 Å². The molecule has 0 aliphatic rings. The average molecular weight is 316 g/mol. The van der Waals surface area contributed by atoms with Gasteiger partial charge < -0.3 is 10.2 Å². The third-order valence-corrected chi connectivity index (χ3v) is 5.07. The van der Waals surface area contributed by atoms with Crippen LogP contribution in [0.5, 0.6) is 0 Å². The summed E-state index contributed by atoms with van der Waals surface area (Å²) in [7, 11) is 0. The first-order chi connectivity index (χ1) is 10.3. The van der Waals surface area contributed by atoms with Gasteiger partial charge in [0.2, 0.25) is 0 Å². The number of carbonyl (C=O) groups is 2. The molecule has 0 spiro atoms. The van der Waals surface area contributed by atoms with E-state index in [4.69, 9.17) is 10.2 Å². The summed E-state index contributed by atoms with van der Waals surface area (Å²) in [5, 5.41) is 17.9. The molecule has 0 saturated carbocycles. The van der Waals surface area contributed by atoms with E-state index in [9.17, 15) is 9.59 Å². The van der Waals surface area contributed by atoms with Gasteiger partial charge in [0.15, 0.2) is 0 Å². The molecule has 0 saturated heterocycles. The van der Waals surface area contributed by atoms with E-state index in [0.717, 1.165) is 51.4 Å². The van der Waals surface area contributed by atoms with Gasteiger partial charge in [-0.1, -0.05) is 54.4 Å². The average Bonchev–Trinajstić information content (AvgIpc) is 2.50. The van der Waals surface area contributed by atoms with Crippen molar-refractivity contribution in [3.63, 3.8) is 0 Å². The van der Waals surface area contributed by atoms with Gasteiger partial charge in [0.1, 0.15) is 0 Å². The highest BCUT2D eigenvalue weighted by molar-refractivity contribution is 5.74. The topological polar surface area (TPSA) is 74.6 Å². The van der Waals surface area contributed by atoms with Gasteiger partial charge in [0.25, 0.3) is 0 Å². The highest BCUT2D eigenvalue weighted by Crippen LogP contribution is 2.32. The van der Waals surface area contributed by atoms with Gasteiger partial charge in [-0.25, -0.2) is 0 Å². The Kier molecular flexibility index (Phi) is 12.1. The van der Waals surface area contributed by atoms with E-state index in [1.165, 1.54) is 0 Å². The Morgan fingerprint density at radius 3 is 0.909 bits per heavy atom. The summed E-state index contributed by atoms with van der Waals surface area (Å²) in [6.45, 7) is 11.9. The van der Waals surface area contributed by atoms with Gasteiger partial charge in [-0.3, -0.25) is 9.59 Å². The first-order valence-electron chi connectivity index (χ1n) is 8.72. The molecule has 0 bridgehead atoms. The Labute approximate surface area is 136 Å². The molecule has 0 aliphatic heterocycles. The van der Waals surface area contributed by atoms with E-state index in [2.05, 4.69) is 0 Å². The summed E-state index contributed by atoms with van der Waals surface area (Å²) in [4.78, 5) is 21.7. The normalized spacial score (nSPS) is 11.5. The third kappa shape index (κ3) is 6.37. The van der Waals surface area contributed by atoms with Crippen molar-refractivity contribution in [1.29, 1.82) is 0 Å². The zero-order chi connectivity index (χ0) is 17.8. The van der Waals surface area contributed by atoms with Crippen molar-refractivity contribution in [3.8, 4) is 0 Å². The molecule has 0 amide bonds. The van der Waals surface area contributed by atoms with Crippen LogP contribution in [0, 0.1) is 10.8 Å². The minimum atomic E-state index is -0.635. The highest BCUT2D eigenvalue weighted by atomic mass is 16.4. The van der Waals surface area contributed by atoms with Crippen LogP contribution in [0.4, 0.5) is 0 Å². The van der Waals surface area contributed by atoms with Gasteiger partial charge in [0, 0.05) is 0 Å². The molecule has 0 atom stereocenters. The smallest absolute Gasteiger partial charge is 0.309 e. The molecule has 4 heteroatoms. The maximum absolute atomic E-state index is 10.9. The molecule has 0 aromatic rings. The molecule has 132 valence electrons. The minimum Gasteiger partial charge on any atom is -0.481 e. The van der Waals surface area contributed by atoms with Gasteiger partial charge in [-0.15, -0.1) is 0 Å². The number of carboxylic acids is 2. The fraction of sp³-hybridized carbons (Fsp3) is 0.889. The molecule has 0 aromatic heterocycles. The fourth-order valence-electron chi connectivity index (χ4n) is 2.98. The van der Waals surface area contributed by atoms with Crippen LogP contribution in [0.2, 0.25) is 0 Å². The fourth-order valence-corrected chi connectivity index (χ4v) is 2.98. The number of hydrogen-bond acceptors (Lipinski definition) is 2. The quantitative estimate of drug-likeness (QED) is 0.569. The number of carboxylic acid groups (broad SMARTS) is 2. The van der Waals surface area contributed by atoms with Gasteiger partial charge in [0.05, 0.1) is 10.8 Å². The van der Waals surface area contributed by atoms with E-state index >= 15 is 0 Å². The molecular formula is C18H36O4. The Bertz CT molecular complexity index is 283. The molecule has 0 unspecified atom stereocenters. The summed E-state index contributed by atoms with van der Waals surface area (Å²) in [5.41, 5.74) is -0.899. The Morgan fingerprint density at radius 1 is 0.636 bits per heavy atom. The van der Waals surface area contributed by atoms with Crippen LogP contribution in [-0.4, -0.2) is 22.2 Å². The van der Waals surface area contributed by atoms with E-state index in [1.54, 1.807) is 0 Å². The number of rotatable bonds is 10. The SMILES string of the molecule is CCCC(CC)(CC)C(=O)O.CCCC(CC)(CC)C(=O)O. The van der Waals surface area contributed by atoms with Crippen molar-refractivity contribution < 1.29 is 19.8 Å². The summed E-state index contributed by atoms with van der Waals surface area (Å²) < 4.78 is 0. The Balaban J connectivity index is 0. The van der Waals surface area contributed by atoms with E-state index in [1.807, 2.05) is 41.5 Å². The first-order valence-corrected chi connectivity index (χ1v) is 8.72. The molecule has 0 fully saturated rings. The maximum Gasteiger partial charge on any atom is 0.309 e. The van der Waals surface area contributed by atoms with Crippen LogP contribution in [0.1, 0.15) is 92.9 Å². The van der Waals surface area contributed by atoms with Gasteiger partial charge >= 0.3 is 11.9 Å². The molecule has 0 aliphatic carbocycles. The zero-order valence-electron chi connectivity index (χ0n) is 15.4. The lowest BCUT2D eigenvalue weighted by Crippen LogP contribution is -2.29. The largest absolute Gasteiger partial charge is 0.481 e. The first kappa shape index (κ1) is 23.2. The van der Waals surface area contributed by atoms with Crippen molar-refractivity contribution in [3.05, 3.63) is 0 Å². The van der Waals surface area contributed by atoms with Gasteiger partial charge in [-0.2, -0.15) is 0 Å². The summed E-state index contributed by atoms with van der Waals surface area (Å²) in [5.74, 6) is -1.27. The van der Waals surface area contributed by atoms with Crippen molar-refractivity contribution in [2.75, 3.05) is 0 Å². The monoisotopic (exact) mass is 316 g/mol. The highest BCUT2D eigenvalue weighted by Gasteiger charge is 2.33. The number of aliphatic carboxylic acids is 2. The molecule has 0 rings (SSSR count). The minimum absolute atomic E-state index is 0.450. The second kappa shape index (κ2) is 11.5. The molecule has 22 heavy (non-hydrogen) atoms. The van der Waals surface area contributed by atoms with Crippen LogP contribution >= 0.6 is 0 Å². The Hall–Kier alpha value is -1.06. The van der Waals surface area contributed by atoms with Crippen LogP contribution in [0.25, 0.3) is 0 Å². The second-order valence-electron chi connectivity index (χ2n) is 6.09. The van der Waals surface area contributed by atoms with Crippen molar-refractivity contribution in [1.82, 2.24) is 0 Å². The Morgan fingerprint density at radius 2 is 0.864 bits per heavy atom. The predicted molar refractivity (Wildman–Crippen MR) is 91.1 cm³/mol. The summed E-state index contributed by atoms with van der Waals surface area (Å²) in [6.07, 6.45) is 6.48. The third-order valence-electron chi connectivity index (χ3n) is 5.07. The van der Waals surface area contributed by atoms with Crippen molar-refractivity contribution in [2.24, 2.45) is 10.8 Å². The van der Waals surface area contributed by atoms with Crippen molar-refractivity contribution in [2.45, 2.75) is 92.9 Å². The molecule has 4 nitrogen and oxygen atoms in total. The molecule has 2 N–H and O–H groups in total. The van der Waals surface area contributed by atoms with Crippen LogP contribution < -0.4 is 0 Å². The molecule has 0 radical (unpaired) electrons. The summed E-state index contributed by atoms with van der Waals surface area (Å²) in [6, 6.07) is 0. The second-order valence-corrected chi connectivity index (χ2v) is 6.09. The lowest BCUT2D eigenvalue weighted by Gasteiger charge is -2.25. The predicted octanol–water partition coefficient (Wildman–Crippen LogP) is 5.36.